The lowest BCUT2D eigenvalue weighted by atomic mass is 10.1. The number of hydrogen-bond acceptors (Lipinski definition) is 5. The van der Waals surface area contributed by atoms with Gasteiger partial charge >= 0.3 is 0 Å². The summed E-state index contributed by atoms with van der Waals surface area (Å²) in [6.45, 7) is 11.3. The number of morpholine rings is 1. The molecule has 29 heavy (non-hydrogen) atoms. The number of aliphatic hydroxyl groups excluding tert-OH is 1. The second kappa shape index (κ2) is 11.3. The van der Waals surface area contributed by atoms with E-state index in [1.54, 1.807) is 0 Å². The molecular formula is C24H34N2O3. The van der Waals surface area contributed by atoms with Crippen LogP contribution in [0.2, 0.25) is 0 Å². The van der Waals surface area contributed by atoms with Crippen molar-refractivity contribution in [1.29, 1.82) is 0 Å². The predicted molar refractivity (Wildman–Crippen MR) is 116 cm³/mol. The molecule has 158 valence electrons. The standard InChI is InChI=1S/C24H34N2O3/c1-20-7-9-22(10-8-20)17-26(12-11-25-13-15-28-16-14-25)18-23(27)19-29-24-6-4-3-5-21(24)2/h3-10,23,27H,11-19H2,1-2H3/t23-/m1/s1. The molecule has 1 saturated heterocycles. The molecule has 0 radical (unpaired) electrons. The largest absolute Gasteiger partial charge is 0.491 e. The van der Waals surface area contributed by atoms with Gasteiger partial charge in [0, 0.05) is 39.3 Å². The SMILES string of the molecule is Cc1ccc(CN(CCN2CCOCC2)C[C@@H](O)COc2ccccc2C)cc1. The quantitative estimate of drug-likeness (QED) is 0.667. The van der Waals surface area contributed by atoms with E-state index in [0.29, 0.717) is 13.2 Å². The summed E-state index contributed by atoms with van der Waals surface area (Å²) in [5, 5.41) is 10.6. The van der Waals surface area contributed by atoms with Crippen molar-refractivity contribution in [2.75, 3.05) is 52.5 Å². The van der Waals surface area contributed by atoms with Gasteiger partial charge in [-0.25, -0.2) is 0 Å². The third-order valence-corrected chi connectivity index (χ3v) is 5.36. The Morgan fingerprint density at radius 1 is 1.07 bits per heavy atom. The molecule has 0 aliphatic carbocycles. The Bertz CT molecular complexity index is 729. The Morgan fingerprint density at radius 3 is 2.52 bits per heavy atom. The number of hydrogen-bond donors (Lipinski definition) is 1. The summed E-state index contributed by atoms with van der Waals surface area (Å²) in [5.41, 5.74) is 3.62. The average molecular weight is 399 g/mol. The average Bonchev–Trinajstić information content (AvgIpc) is 2.74. The van der Waals surface area contributed by atoms with Gasteiger partial charge in [-0.2, -0.15) is 0 Å². The van der Waals surface area contributed by atoms with Crippen LogP contribution in [0, 0.1) is 13.8 Å². The molecule has 0 unspecified atom stereocenters. The molecule has 1 aliphatic heterocycles. The van der Waals surface area contributed by atoms with Crippen molar-refractivity contribution < 1.29 is 14.6 Å². The smallest absolute Gasteiger partial charge is 0.122 e. The molecule has 1 aliphatic rings. The summed E-state index contributed by atoms with van der Waals surface area (Å²) in [7, 11) is 0. The number of benzene rings is 2. The van der Waals surface area contributed by atoms with E-state index in [1.165, 1.54) is 11.1 Å². The minimum Gasteiger partial charge on any atom is -0.491 e. The zero-order valence-corrected chi connectivity index (χ0v) is 17.7. The maximum atomic E-state index is 10.6. The van der Waals surface area contributed by atoms with Crippen LogP contribution in [-0.4, -0.2) is 73.6 Å². The van der Waals surface area contributed by atoms with E-state index in [-0.39, 0.29) is 0 Å². The van der Waals surface area contributed by atoms with Gasteiger partial charge in [0.05, 0.1) is 13.2 Å². The van der Waals surface area contributed by atoms with E-state index in [4.69, 9.17) is 9.47 Å². The van der Waals surface area contributed by atoms with Crippen LogP contribution in [0.5, 0.6) is 5.75 Å². The molecule has 2 aromatic carbocycles. The van der Waals surface area contributed by atoms with Crippen LogP contribution in [0.15, 0.2) is 48.5 Å². The van der Waals surface area contributed by atoms with E-state index < -0.39 is 6.10 Å². The second-order valence-corrected chi connectivity index (χ2v) is 7.91. The van der Waals surface area contributed by atoms with Crippen molar-refractivity contribution in [1.82, 2.24) is 9.80 Å². The number of ether oxygens (including phenoxy) is 2. The molecule has 0 amide bonds. The van der Waals surface area contributed by atoms with Crippen molar-refractivity contribution >= 4 is 0 Å². The van der Waals surface area contributed by atoms with Gasteiger partial charge in [0.2, 0.25) is 0 Å². The zero-order valence-electron chi connectivity index (χ0n) is 17.7. The van der Waals surface area contributed by atoms with E-state index in [2.05, 4.69) is 41.0 Å². The summed E-state index contributed by atoms with van der Waals surface area (Å²) >= 11 is 0. The molecule has 1 N–H and O–H groups in total. The van der Waals surface area contributed by atoms with Gasteiger partial charge in [0.1, 0.15) is 18.5 Å². The number of para-hydroxylation sites is 1. The maximum Gasteiger partial charge on any atom is 0.122 e. The Morgan fingerprint density at radius 2 is 1.79 bits per heavy atom. The molecule has 5 heteroatoms. The summed E-state index contributed by atoms with van der Waals surface area (Å²) in [5.74, 6) is 0.838. The van der Waals surface area contributed by atoms with Crippen LogP contribution in [0.4, 0.5) is 0 Å². The van der Waals surface area contributed by atoms with Crippen LogP contribution in [-0.2, 0) is 11.3 Å². The van der Waals surface area contributed by atoms with Crippen LogP contribution < -0.4 is 4.74 Å². The first-order valence-electron chi connectivity index (χ1n) is 10.5. The third kappa shape index (κ3) is 7.44. The molecule has 1 atom stereocenters. The van der Waals surface area contributed by atoms with Crippen LogP contribution in [0.1, 0.15) is 16.7 Å². The molecule has 1 fully saturated rings. The lowest BCUT2D eigenvalue weighted by Crippen LogP contribution is -2.43. The fraction of sp³-hybridized carbons (Fsp3) is 0.500. The third-order valence-electron chi connectivity index (χ3n) is 5.36. The summed E-state index contributed by atoms with van der Waals surface area (Å²) < 4.78 is 11.3. The highest BCUT2D eigenvalue weighted by atomic mass is 16.5. The Hall–Kier alpha value is -1.92. The van der Waals surface area contributed by atoms with Crippen LogP contribution in [0.3, 0.4) is 0 Å². The Kier molecular flexibility index (Phi) is 8.50. The molecule has 0 spiro atoms. The topological polar surface area (TPSA) is 45.2 Å². The molecule has 0 saturated carbocycles. The van der Waals surface area contributed by atoms with Gasteiger partial charge in [-0.15, -0.1) is 0 Å². The number of rotatable bonds is 10. The van der Waals surface area contributed by atoms with Gasteiger partial charge in [0.25, 0.3) is 0 Å². The molecule has 0 aromatic heterocycles. The minimum atomic E-state index is -0.537. The fourth-order valence-electron chi connectivity index (χ4n) is 3.55. The monoisotopic (exact) mass is 398 g/mol. The minimum absolute atomic E-state index is 0.298. The fourth-order valence-corrected chi connectivity index (χ4v) is 3.55. The highest BCUT2D eigenvalue weighted by Crippen LogP contribution is 2.16. The molecular weight excluding hydrogens is 364 g/mol. The number of aliphatic hydroxyl groups is 1. The van der Waals surface area contributed by atoms with E-state index >= 15 is 0 Å². The lowest BCUT2D eigenvalue weighted by Gasteiger charge is -2.31. The predicted octanol–water partition coefficient (Wildman–Crippen LogP) is 2.88. The van der Waals surface area contributed by atoms with Crippen molar-refractivity contribution in [3.63, 3.8) is 0 Å². The number of aryl methyl sites for hydroxylation is 2. The van der Waals surface area contributed by atoms with E-state index in [9.17, 15) is 5.11 Å². The summed E-state index contributed by atoms with van der Waals surface area (Å²) in [6, 6.07) is 16.6. The van der Waals surface area contributed by atoms with Crippen molar-refractivity contribution in [3.8, 4) is 5.75 Å². The summed E-state index contributed by atoms with van der Waals surface area (Å²) in [4.78, 5) is 4.76. The van der Waals surface area contributed by atoms with Gasteiger partial charge in [0.15, 0.2) is 0 Å². The van der Waals surface area contributed by atoms with Crippen molar-refractivity contribution in [2.45, 2.75) is 26.5 Å². The summed E-state index contributed by atoms with van der Waals surface area (Å²) in [6.07, 6.45) is -0.537. The molecule has 1 heterocycles. The van der Waals surface area contributed by atoms with Gasteiger partial charge in [-0.3, -0.25) is 9.80 Å². The Labute approximate surface area is 174 Å². The zero-order chi connectivity index (χ0) is 20.5. The van der Waals surface area contributed by atoms with Gasteiger partial charge in [-0.1, -0.05) is 48.0 Å². The van der Waals surface area contributed by atoms with E-state index in [0.717, 1.165) is 57.3 Å². The normalized spacial score (nSPS) is 16.1. The highest BCUT2D eigenvalue weighted by molar-refractivity contribution is 5.31. The first kappa shape index (κ1) is 21.8. The van der Waals surface area contributed by atoms with Crippen molar-refractivity contribution in [2.24, 2.45) is 0 Å². The van der Waals surface area contributed by atoms with Gasteiger partial charge in [-0.05, 0) is 31.0 Å². The molecule has 2 aromatic rings. The van der Waals surface area contributed by atoms with Gasteiger partial charge < -0.3 is 14.6 Å². The second-order valence-electron chi connectivity index (χ2n) is 7.91. The first-order chi connectivity index (χ1) is 14.1. The number of nitrogens with zero attached hydrogens (tertiary/aromatic N) is 2. The van der Waals surface area contributed by atoms with Crippen molar-refractivity contribution in [3.05, 3.63) is 65.2 Å². The molecule has 3 rings (SSSR count). The first-order valence-corrected chi connectivity index (χ1v) is 10.5. The maximum absolute atomic E-state index is 10.6. The molecule has 0 bridgehead atoms. The molecule has 5 nitrogen and oxygen atoms in total. The highest BCUT2D eigenvalue weighted by Gasteiger charge is 2.16. The van der Waals surface area contributed by atoms with Crippen LogP contribution in [0.25, 0.3) is 0 Å². The van der Waals surface area contributed by atoms with E-state index in [1.807, 2.05) is 31.2 Å². The lowest BCUT2D eigenvalue weighted by molar-refractivity contribution is 0.0255. The van der Waals surface area contributed by atoms with Crippen LogP contribution >= 0.6 is 0 Å². The Balaban J connectivity index is 1.55.